The highest BCUT2D eigenvalue weighted by atomic mass is 19.1. The van der Waals surface area contributed by atoms with Gasteiger partial charge in [0, 0.05) is 50.7 Å². The molecule has 156 valence electrons. The lowest BCUT2D eigenvalue weighted by atomic mass is 10.1. The first-order valence-electron chi connectivity index (χ1n) is 10.3. The summed E-state index contributed by atoms with van der Waals surface area (Å²) in [5.41, 5.74) is 3.06. The second-order valence-corrected chi connectivity index (χ2v) is 8.52. The molecule has 2 fully saturated rings. The molecular weight excluding hydrogens is 385 g/mol. The van der Waals surface area contributed by atoms with Crippen LogP contribution in [0.3, 0.4) is 0 Å². The highest BCUT2D eigenvalue weighted by Crippen LogP contribution is 2.47. The summed E-state index contributed by atoms with van der Waals surface area (Å²) in [5, 5.41) is 9.46. The summed E-state index contributed by atoms with van der Waals surface area (Å²) >= 11 is 0. The Morgan fingerprint density at radius 2 is 1.93 bits per heavy atom. The second-order valence-electron chi connectivity index (χ2n) is 8.52. The molecule has 2 heterocycles. The number of aliphatic imine (C=N–C) groups is 1. The Bertz CT molecular complexity index is 1040. The van der Waals surface area contributed by atoms with Gasteiger partial charge in [0.05, 0.1) is 11.0 Å². The third kappa shape index (κ3) is 3.43. The lowest BCUT2D eigenvalue weighted by Gasteiger charge is -2.38. The Morgan fingerprint density at radius 1 is 1.17 bits per heavy atom. The maximum absolute atomic E-state index is 13.7. The number of piperazine rings is 1. The highest BCUT2D eigenvalue weighted by Gasteiger charge is 2.51. The summed E-state index contributed by atoms with van der Waals surface area (Å²) in [7, 11) is 0. The van der Waals surface area contributed by atoms with Gasteiger partial charge in [-0.25, -0.2) is 4.39 Å². The molecule has 1 aliphatic carbocycles. The van der Waals surface area contributed by atoms with Crippen molar-refractivity contribution in [2.45, 2.75) is 19.8 Å². The molecule has 1 N–H and O–H groups in total. The van der Waals surface area contributed by atoms with Gasteiger partial charge >= 0.3 is 5.97 Å². The molecule has 0 atom stereocenters. The number of rotatable bonds is 4. The summed E-state index contributed by atoms with van der Waals surface area (Å²) in [6.07, 6.45) is 3.36. The van der Waals surface area contributed by atoms with E-state index >= 15 is 0 Å². The van der Waals surface area contributed by atoms with Gasteiger partial charge in [0.25, 0.3) is 0 Å². The van der Waals surface area contributed by atoms with Crippen LogP contribution in [-0.2, 0) is 4.79 Å². The van der Waals surface area contributed by atoms with Crippen LogP contribution in [0.2, 0.25) is 0 Å². The fourth-order valence-electron chi connectivity index (χ4n) is 4.32. The number of fused-ring (bicyclic) bond motifs is 2. The molecule has 30 heavy (non-hydrogen) atoms. The number of hydrogen-bond donors (Lipinski definition) is 1. The number of aliphatic carboxylic acids is 1. The van der Waals surface area contributed by atoms with E-state index in [1.807, 2.05) is 13.0 Å². The Balaban J connectivity index is 1.38. The molecule has 5 rings (SSSR count). The number of nitrogens with zero attached hydrogens (tertiary/aromatic N) is 3. The number of carboxylic acids is 1. The van der Waals surface area contributed by atoms with E-state index in [0.29, 0.717) is 23.7 Å². The summed E-state index contributed by atoms with van der Waals surface area (Å²) in [5.74, 6) is 0.0580. The van der Waals surface area contributed by atoms with Gasteiger partial charge in [-0.15, -0.1) is 0 Å². The van der Waals surface area contributed by atoms with Crippen molar-refractivity contribution in [3.63, 3.8) is 0 Å². The molecule has 1 saturated heterocycles. The Labute approximate surface area is 174 Å². The fraction of sp³-hybridized carbons (Fsp3) is 0.391. The maximum atomic E-state index is 13.7. The summed E-state index contributed by atoms with van der Waals surface area (Å²) in [4.78, 5) is 20.6. The van der Waals surface area contributed by atoms with Gasteiger partial charge in [0.15, 0.2) is 5.75 Å². The van der Waals surface area contributed by atoms with E-state index in [4.69, 9.17) is 4.74 Å². The number of ether oxygens (including phenoxy) is 1. The summed E-state index contributed by atoms with van der Waals surface area (Å²) < 4.78 is 19.7. The largest absolute Gasteiger partial charge is 0.481 e. The van der Waals surface area contributed by atoms with Crippen molar-refractivity contribution in [3.8, 4) is 11.5 Å². The highest BCUT2D eigenvalue weighted by molar-refractivity contribution is 5.95. The van der Waals surface area contributed by atoms with Crippen LogP contribution in [0.4, 0.5) is 15.8 Å². The number of carboxylic acid groups (broad SMARTS) is 1. The van der Waals surface area contributed by atoms with E-state index in [0.717, 1.165) is 55.8 Å². The molecule has 1 saturated carbocycles. The molecule has 0 bridgehead atoms. The number of carbonyl (C=O) groups is 1. The third-order valence-corrected chi connectivity index (χ3v) is 6.29. The van der Waals surface area contributed by atoms with Crippen LogP contribution >= 0.6 is 0 Å². The molecule has 6 nitrogen and oxygen atoms in total. The molecule has 2 aliphatic heterocycles. The minimum Gasteiger partial charge on any atom is -0.481 e. The number of anilines is 1. The molecule has 2 aromatic rings. The maximum Gasteiger partial charge on any atom is 0.310 e. The number of halogens is 1. The van der Waals surface area contributed by atoms with Gasteiger partial charge in [0.2, 0.25) is 0 Å². The van der Waals surface area contributed by atoms with Crippen molar-refractivity contribution in [3.05, 3.63) is 47.3 Å². The van der Waals surface area contributed by atoms with Crippen LogP contribution in [0, 0.1) is 18.2 Å². The average molecular weight is 409 g/mol. The standard InChI is InChI=1S/C23H24FN3O3/c1-15-10-19(27-8-6-26(7-9-27)14-23(4-5-23)22(28)29)17-13-25-18-3-2-16(24)12-21(18)30-20(17)11-15/h2-3,10-13H,4-9,14H2,1H3,(H,28,29). The second kappa shape index (κ2) is 7.09. The Kier molecular flexibility index (Phi) is 4.50. The summed E-state index contributed by atoms with van der Waals surface area (Å²) in [6, 6.07) is 8.43. The zero-order valence-electron chi connectivity index (χ0n) is 16.9. The Morgan fingerprint density at radius 3 is 2.63 bits per heavy atom. The van der Waals surface area contributed by atoms with Gasteiger partial charge in [-0.2, -0.15) is 0 Å². The molecule has 2 aromatic carbocycles. The zero-order chi connectivity index (χ0) is 20.9. The SMILES string of the molecule is Cc1cc2c(c(N3CCN(CC4(C(=O)O)CC4)CC3)c1)C=Nc1ccc(F)cc1O2. The van der Waals surface area contributed by atoms with Crippen molar-refractivity contribution in [1.82, 2.24) is 4.90 Å². The molecule has 0 unspecified atom stereocenters. The fourth-order valence-corrected chi connectivity index (χ4v) is 4.32. The predicted octanol–water partition coefficient (Wildman–Crippen LogP) is 3.98. The van der Waals surface area contributed by atoms with Crippen LogP contribution < -0.4 is 9.64 Å². The van der Waals surface area contributed by atoms with Crippen LogP contribution in [0.5, 0.6) is 11.5 Å². The zero-order valence-corrected chi connectivity index (χ0v) is 16.9. The van der Waals surface area contributed by atoms with Crippen LogP contribution in [0.25, 0.3) is 0 Å². The number of hydrogen-bond acceptors (Lipinski definition) is 5. The Hall–Kier alpha value is -2.93. The van der Waals surface area contributed by atoms with Gasteiger partial charge in [-0.1, -0.05) is 0 Å². The van der Waals surface area contributed by atoms with Crippen LogP contribution in [0.1, 0.15) is 24.0 Å². The van der Waals surface area contributed by atoms with Gasteiger partial charge in [-0.3, -0.25) is 14.7 Å². The molecule has 0 amide bonds. The normalized spacial score (nSPS) is 19.5. The minimum absolute atomic E-state index is 0.355. The van der Waals surface area contributed by atoms with E-state index in [2.05, 4.69) is 20.9 Å². The summed E-state index contributed by atoms with van der Waals surface area (Å²) in [6.45, 7) is 5.90. The molecular formula is C23H24FN3O3. The molecule has 0 spiro atoms. The van der Waals surface area contributed by atoms with Crippen molar-refractivity contribution in [1.29, 1.82) is 0 Å². The number of benzene rings is 2. The van der Waals surface area contributed by atoms with Gasteiger partial charge < -0.3 is 14.7 Å². The van der Waals surface area contributed by atoms with E-state index < -0.39 is 11.4 Å². The monoisotopic (exact) mass is 409 g/mol. The lowest BCUT2D eigenvalue weighted by molar-refractivity contribution is -0.144. The predicted molar refractivity (Wildman–Crippen MR) is 113 cm³/mol. The van der Waals surface area contributed by atoms with Crippen molar-refractivity contribution in [2.24, 2.45) is 10.4 Å². The lowest BCUT2D eigenvalue weighted by Crippen LogP contribution is -2.49. The van der Waals surface area contributed by atoms with E-state index in [1.54, 1.807) is 12.3 Å². The molecule has 7 heteroatoms. The first kappa shape index (κ1) is 19.1. The van der Waals surface area contributed by atoms with Crippen LogP contribution in [0.15, 0.2) is 35.3 Å². The molecule has 0 radical (unpaired) electrons. The topological polar surface area (TPSA) is 65.4 Å². The van der Waals surface area contributed by atoms with Crippen LogP contribution in [-0.4, -0.2) is 54.9 Å². The smallest absolute Gasteiger partial charge is 0.310 e. The third-order valence-electron chi connectivity index (χ3n) is 6.29. The van der Waals surface area contributed by atoms with Gasteiger partial charge in [-0.05, 0) is 49.6 Å². The van der Waals surface area contributed by atoms with Gasteiger partial charge in [0.1, 0.15) is 17.3 Å². The molecule has 0 aromatic heterocycles. The first-order chi connectivity index (χ1) is 14.4. The molecule has 3 aliphatic rings. The first-order valence-corrected chi connectivity index (χ1v) is 10.3. The van der Waals surface area contributed by atoms with E-state index in [1.165, 1.54) is 12.1 Å². The minimum atomic E-state index is -0.668. The van der Waals surface area contributed by atoms with E-state index in [-0.39, 0.29) is 5.82 Å². The number of aryl methyl sites for hydroxylation is 1. The van der Waals surface area contributed by atoms with Crippen molar-refractivity contribution < 1.29 is 19.0 Å². The van der Waals surface area contributed by atoms with E-state index in [9.17, 15) is 14.3 Å². The van der Waals surface area contributed by atoms with Crippen molar-refractivity contribution in [2.75, 3.05) is 37.6 Å². The quantitative estimate of drug-likeness (QED) is 0.706. The van der Waals surface area contributed by atoms with Crippen molar-refractivity contribution >= 4 is 23.6 Å². The average Bonchev–Trinajstić information content (AvgIpc) is 3.51.